The Morgan fingerprint density at radius 2 is 2.07 bits per heavy atom. The molecule has 3 nitrogen and oxygen atoms in total. The van der Waals surface area contributed by atoms with Crippen LogP contribution in [-0.2, 0) is 11.3 Å². The minimum atomic E-state index is 0.0254. The van der Waals surface area contributed by atoms with Gasteiger partial charge in [0, 0.05) is 6.54 Å². The van der Waals surface area contributed by atoms with Crippen molar-refractivity contribution < 1.29 is 4.79 Å². The molecule has 0 saturated heterocycles. The lowest BCUT2D eigenvalue weighted by molar-refractivity contribution is -0.120. The lowest BCUT2D eigenvalue weighted by atomic mass is 10.1. The predicted molar refractivity (Wildman–Crippen MR) is 61.7 cm³/mol. The van der Waals surface area contributed by atoms with Gasteiger partial charge in [-0.1, -0.05) is 23.8 Å². The molecule has 15 heavy (non-hydrogen) atoms. The van der Waals surface area contributed by atoms with Gasteiger partial charge in [-0.2, -0.15) is 0 Å². The summed E-state index contributed by atoms with van der Waals surface area (Å²) in [6, 6.07) is 6.25. The summed E-state index contributed by atoms with van der Waals surface area (Å²) in [5, 5.41) is 5.67. The van der Waals surface area contributed by atoms with E-state index >= 15 is 0 Å². The van der Waals surface area contributed by atoms with E-state index in [1.807, 2.05) is 0 Å². The van der Waals surface area contributed by atoms with Crippen molar-refractivity contribution in [1.82, 2.24) is 10.6 Å². The van der Waals surface area contributed by atoms with E-state index in [-0.39, 0.29) is 5.91 Å². The van der Waals surface area contributed by atoms with Crippen molar-refractivity contribution >= 4 is 5.91 Å². The largest absolute Gasteiger partial charge is 0.351 e. The molecule has 1 aromatic carbocycles. The van der Waals surface area contributed by atoms with E-state index in [1.54, 1.807) is 7.05 Å². The summed E-state index contributed by atoms with van der Waals surface area (Å²) in [4.78, 5) is 11.2. The first kappa shape index (κ1) is 11.7. The first-order chi connectivity index (χ1) is 7.13. The molecule has 0 saturated carbocycles. The molecule has 0 spiro atoms. The number of carbonyl (C=O) groups excluding carboxylic acids is 1. The Labute approximate surface area is 90.9 Å². The molecule has 1 aromatic rings. The predicted octanol–water partition coefficient (Wildman–Crippen LogP) is 1.14. The van der Waals surface area contributed by atoms with E-state index in [4.69, 9.17) is 0 Å². The summed E-state index contributed by atoms with van der Waals surface area (Å²) in [5.74, 6) is 0.0254. The SMILES string of the molecule is CNCC(=O)NCc1ccc(C)cc1C. The van der Waals surface area contributed by atoms with Crippen LogP contribution in [0.15, 0.2) is 18.2 Å². The van der Waals surface area contributed by atoms with Gasteiger partial charge in [-0.05, 0) is 32.0 Å². The van der Waals surface area contributed by atoms with Gasteiger partial charge in [-0.3, -0.25) is 4.79 Å². The van der Waals surface area contributed by atoms with Crippen LogP contribution in [0.2, 0.25) is 0 Å². The monoisotopic (exact) mass is 206 g/mol. The molecule has 0 heterocycles. The molecule has 0 radical (unpaired) electrons. The van der Waals surface area contributed by atoms with Crippen molar-refractivity contribution in [2.24, 2.45) is 0 Å². The fourth-order valence-electron chi connectivity index (χ4n) is 1.46. The molecule has 1 rings (SSSR count). The molecular formula is C12H18N2O. The number of aryl methyl sites for hydroxylation is 2. The maximum absolute atomic E-state index is 11.2. The molecule has 0 fully saturated rings. The summed E-state index contributed by atoms with van der Waals surface area (Å²) in [6.45, 7) is 5.10. The number of nitrogens with one attached hydrogen (secondary N) is 2. The highest BCUT2D eigenvalue weighted by molar-refractivity contribution is 5.77. The van der Waals surface area contributed by atoms with E-state index in [9.17, 15) is 4.79 Å². The highest BCUT2D eigenvalue weighted by Gasteiger charge is 2.01. The van der Waals surface area contributed by atoms with E-state index in [1.165, 1.54) is 16.7 Å². The second-order valence-corrected chi connectivity index (χ2v) is 3.74. The first-order valence-electron chi connectivity index (χ1n) is 5.11. The molecule has 82 valence electrons. The van der Waals surface area contributed by atoms with Crippen molar-refractivity contribution in [3.8, 4) is 0 Å². The van der Waals surface area contributed by atoms with Crippen LogP contribution in [0.3, 0.4) is 0 Å². The average molecular weight is 206 g/mol. The molecule has 1 amide bonds. The van der Waals surface area contributed by atoms with E-state index < -0.39 is 0 Å². The Hall–Kier alpha value is -1.35. The number of hydrogen-bond donors (Lipinski definition) is 2. The van der Waals surface area contributed by atoms with Crippen LogP contribution in [0.4, 0.5) is 0 Å². The van der Waals surface area contributed by atoms with Gasteiger partial charge in [0.25, 0.3) is 0 Å². The van der Waals surface area contributed by atoms with Gasteiger partial charge < -0.3 is 10.6 Å². The fraction of sp³-hybridized carbons (Fsp3) is 0.417. The standard InChI is InChI=1S/C12H18N2O/c1-9-4-5-11(10(2)6-9)7-14-12(15)8-13-3/h4-6,13H,7-8H2,1-3H3,(H,14,15). The zero-order valence-corrected chi connectivity index (χ0v) is 9.55. The first-order valence-corrected chi connectivity index (χ1v) is 5.11. The van der Waals surface area contributed by atoms with Crippen molar-refractivity contribution in [2.45, 2.75) is 20.4 Å². The zero-order chi connectivity index (χ0) is 11.3. The average Bonchev–Trinajstić information content (AvgIpc) is 2.17. The Balaban J connectivity index is 2.54. The van der Waals surface area contributed by atoms with Gasteiger partial charge >= 0.3 is 0 Å². The molecule has 0 atom stereocenters. The summed E-state index contributed by atoms with van der Waals surface area (Å²) in [7, 11) is 1.76. The maximum Gasteiger partial charge on any atom is 0.234 e. The van der Waals surface area contributed by atoms with Crippen LogP contribution in [0.1, 0.15) is 16.7 Å². The van der Waals surface area contributed by atoms with Crippen molar-refractivity contribution in [3.63, 3.8) is 0 Å². The summed E-state index contributed by atoms with van der Waals surface area (Å²) < 4.78 is 0. The van der Waals surface area contributed by atoms with Gasteiger partial charge in [-0.25, -0.2) is 0 Å². The van der Waals surface area contributed by atoms with Crippen LogP contribution in [-0.4, -0.2) is 19.5 Å². The highest BCUT2D eigenvalue weighted by Crippen LogP contribution is 2.09. The molecule has 0 bridgehead atoms. The Kier molecular flexibility index (Phi) is 4.31. The third-order valence-corrected chi connectivity index (χ3v) is 2.31. The number of likely N-dealkylation sites (N-methyl/N-ethyl adjacent to an activating group) is 1. The molecular weight excluding hydrogens is 188 g/mol. The number of benzene rings is 1. The quantitative estimate of drug-likeness (QED) is 0.775. The van der Waals surface area contributed by atoms with Gasteiger partial charge in [-0.15, -0.1) is 0 Å². The van der Waals surface area contributed by atoms with Crippen LogP contribution in [0, 0.1) is 13.8 Å². The highest BCUT2D eigenvalue weighted by atomic mass is 16.1. The van der Waals surface area contributed by atoms with E-state index in [0.717, 1.165) is 0 Å². The number of hydrogen-bond acceptors (Lipinski definition) is 2. The maximum atomic E-state index is 11.2. The Morgan fingerprint density at radius 3 is 2.67 bits per heavy atom. The lowest BCUT2D eigenvalue weighted by Gasteiger charge is -2.08. The third-order valence-electron chi connectivity index (χ3n) is 2.31. The van der Waals surface area contributed by atoms with Gasteiger partial charge in [0.2, 0.25) is 5.91 Å². The Bertz CT molecular complexity index is 347. The zero-order valence-electron chi connectivity index (χ0n) is 9.55. The van der Waals surface area contributed by atoms with Crippen LogP contribution < -0.4 is 10.6 Å². The van der Waals surface area contributed by atoms with E-state index in [0.29, 0.717) is 13.1 Å². The van der Waals surface area contributed by atoms with E-state index in [2.05, 4.69) is 42.7 Å². The summed E-state index contributed by atoms with van der Waals surface area (Å²) in [6.07, 6.45) is 0. The number of rotatable bonds is 4. The minimum Gasteiger partial charge on any atom is -0.351 e. The molecule has 2 N–H and O–H groups in total. The molecule has 0 aliphatic rings. The molecule has 0 aliphatic carbocycles. The second-order valence-electron chi connectivity index (χ2n) is 3.74. The smallest absolute Gasteiger partial charge is 0.234 e. The number of carbonyl (C=O) groups is 1. The lowest BCUT2D eigenvalue weighted by Crippen LogP contribution is -2.31. The van der Waals surface area contributed by atoms with Crippen molar-refractivity contribution in [3.05, 3.63) is 34.9 Å². The van der Waals surface area contributed by atoms with Crippen LogP contribution >= 0.6 is 0 Å². The minimum absolute atomic E-state index is 0.0254. The molecule has 0 aromatic heterocycles. The normalized spacial score (nSPS) is 10.1. The summed E-state index contributed by atoms with van der Waals surface area (Å²) in [5.41, 5.74) is 3.64. The molecule has 0 unspecified atom stereocenters. The van der Waals surface area contributed by atoms with Crippen LogP contribution in [0.25, 0.3) is 0 Å². The van der Waals surface area contributed by atoms with Gasteiger partial charge in [0.15, 0.2) is 0 Å². The molecule has 3 heteroatoms. The fourth-order valence-corrected chi connectivity index (χ4v) is 1.46. The van der Waals surface area contributed by atoms with Gasteiger partial charge in [0.05, 0.1) is 6.54 Å². The topological polar surface area (TPSA) is 41.1 Å². The summed E-state index contributed by atoms with van der Waals surface area (Å²) >= 11 is 0. The van der Waals surface area contributed by atoms with Crippen molar-refractivity contribution in [2.75, 3.05) is 13.6 Å². The second kappa shape index (κ2) is 5.51. The third kappa shape index (κ3) is 3.72. The van der Waals surface area contributed by atoms with Crippen molar-refractivity contribution in [1.29, 1.82) is 0 Å². The number of amides is 1. The van der Waals surface area contributed by atoms with Crippen LogP contribution in [0.5, 0.6) is 0 Å². The molecule has 0 aliphatic heterocycles. The Morgan fingerprint density at radius 1 is 1.33 bits per heavy atom. The van der Waals surface area contributed by atoms with Gasteiger partial charge in [0.1, 0.15) is 0 Å².